The van der Waals surface area contributed by atoms with Crippen LogP contribution in [0.4, 0.5) is 4.79 Å². The SMILES string of the molecule is CC(C)(C)N(CC1COCCN1Cc1ccccc1)C(=O)O. The fourth-order valence-electron chi connectivity index (χ4n) is 2.73. The molecule has 1 aromatic rings. The Kier molecular flexibility index (Phi) is 5.42. The van der Waals surface area contributed by atoms with Crippen molar-refractivity contribution in [1.82, 2.24) is 9.80 Å². The van der Waals surface area contributed by atoms with E-state index in [2.05, 4.69) is 17.0 Å². The summed E-state index contributed by atoms with van der Waals surface area (Å²) >= 11 is 0. The number of rotatable bonds is 4. The highest BCUT2D eigenvalue weighted by atomic mass is 16.5. The van der Waals surface area contributed by atoms with Crippen LogP contribution >= 0.6 is 0 Å². The van der Waals surface area contributed by atoms with E-state index in [1.807, 2.05) is 39.0 Å². The minimum absolute atomic E-state index is 0.0873. The zero-order valence-electron chi connectivity index (χ0n) is 13.7. The van der Waals surface area contributed by atoms with Crippen LogP contribution in [0.25, 0.3) is 0 Å². The molecule has 1 unspecified atom stereocenters. The summed E-state index contributed by atoms with van der Waals surface area (Å²) in [6.45, 7) is 9.17. The fraction of sp³-hybridized carbons (Fsp3) is 0.588. The topological polar surface area (TPSA) is 53.0 Å². The molecule has 0 saturated carbocycles. The lowest BCUT2D eigenvalue weighted by atomic mass is 10.0. The van der Waals surface area contributed by atoms with Crippen molar-refractivity contribution in [2.75, 3.05) is 26.3 Å². The summed E-state index contributed by atoms with van der Waals surface area (Å²) in [6, 6.07) is 10.4. The van der Waals surface area contributed by atoms with E-state index >= 15 is 0 Å². The molecule has 1 aliphatic heterocycles. The van der Waals surface area contributed by atoms with Crippen LogP contribution in [0.1, 0.15) is 26.3 Å². The predicted molar refractivity (Wildman–Crippen MR) is 85.9 cm³/mol. The molecule has 0 radical (unpaired) electrons. The van der Waals surface area contributed by atoms with Crippen LogP contribution in [0.2, 0.25) is 0 Å². The number of nitrogens with zero attached hydrogens (tertiary/aromatic N) is 2. The molecule has 0 spiro atoms. The lowest BCUT2D eigenvalue weighted by molar-refractivity contribution is -0.0305. The Morgan fingerprint density at radius 2 is 2.05 bits per heavy atom. The van der Waals surface area contributed by atoms with Gasteiger partial charge in [-0.25, -0.2) is 4.79 Å². The van der Waals surface area contributed by atoms with E-state index in [0.29, 0.717) is 19.8 Å². The van der Waals surface area contributed by atoms with Gasteiger partial charge in [-0.2, -0.15) is 0 Å². The third-order valence-corrected chi connectivity index (χ3v) is 4.01. The fourth-order valence-corrected chi connectivity index (χ4v) is 2.73. The van der Waals surface area contributed by atoms with Crippen LogP contribution < -0.4 is 0 Å². The normalized spacial score (nSPS) is 19.9. The lowest BCUT2D eigenvalue weighted by Gasteiger charge is -2.41. The van der Waals surface area contributed by atoms with E-state index in [1.54, 1.807) is 0 Å². The number of benzene rings is 1. The maximum Gasteiger partial charge on any atom is 0.407 e. The van der Waals surface area contributed by atoms with Crippen molar-refractivity contribution in [2.24, 2.45) is 0 Å². The van der Waals surface area contributed by atoms with Crippen molar-refractivity contribution in [3.05, 3.63) is 35.9 Å². The summed E-state index contributed by atoms with van der Waals surface area (Å²) in [5.41, 5.74) is 0.828. The summed E-state index contributed by atoms with van der Waals surface area (Å²) in [5.74, 6) is 0. The monoisotopic (exact) mass is 306 g/mol. The maximum atomic E-state index is 11.6. The molecule has 1 aromatic carbocycles. The van der Waals surface area contributed by atoms with E-state index in [1.165, 1.54) is 10.5 Å². The molecule has 1 atom stereocenters. The number of ether oxygens (including phenoxy) is 1. The molecular weight excluding hydrogens is 280 g/mol. The van der Waals surface area contributed by atoms with Crippen molar-refractivity contribution in [3.63, 3.8) is 0 Å². The zero-order valence-corrected chi connectivity index (χ0v) is 13.7. The van der Waals surface area contributed by atoms with E-state index < -0.39 is 11.6 Å². The summed E-state index contributed by atoms with van der Waals surface area (Å²) < 4.78 is 5.58. The molecule has 5 nitrogen and oxygen atoms in total. The number of carbonyl (C=O) groups is 1. The van der Waals surface area contributed by atoms with Crippen molar-refractivity contribution in [2.45, 2.75) is 38.9 Å². The van der Waals surface area contributed by atoms with E-state index in [4.69, 9.17) is 4.74 Å². The quantitative estimate of drug-likeness (QED) is 0.929. The van der Waals surface area contributed by atoms with Gasteiger partial charge in [0.05, 0.1) is 19.3 Å². The molecule has 1 N–H and O–H groups in total. The van der Waals surface area contributed by atoms with Gasteiger partial charge in [-0.3, -0.25) is 4.90 Å². The highest BCUT2D eigenvalue weighted by molar-refractivity contribution is 5.66. The van der Waals surface area contributed by atoms with Crippen LogP contribution in [0.3, 0.4) is 0 Å². The molecule has 2 rings (SSSR count). The van der Waals surface area contributed by atoms with Gasteiger partial charge in [0.15, 0.2) is 0 Å². The highest BCUT2D eigenvalue weighted by Gasteiger charge is 2.32. The highest BCUT2D eigenvalue weighted by Crippen LogP contribution is 2.19. The molecule has 0 aromatic heterocycles. The number of amides is 1. The van der Waals surface area contributed by atoms with Crippen molar-refractivity contribution < 1.29 is 14.6 Å². The first-order valence-corrected chi connectivity index (χ1v) is 7.74. The number of hydrogen-bond donors (Lipinski definition) is 1. The zero-order chi connectivity index (χ0) is 16.2. The van der Waals surface area contributed by atoms with Gasteiger partial charge >= 0.3 is 6.09 Å². The molecule has 0 aliphatic carbocycles. The number of morpholine rings is 1. The van der Waals surface area contributed by atoms with E-state index in [0.717, 1.165) is 13.1 Å². The molecule has 5 heteroatoms. The number of hydrogen-bond acceptors (Lipinski definition) is 3. The maximum absolute atomic E-state index is 11.6. The van der Waals surface area contributed by atoms with Gasteiger partial charge in [-0.05, 0) is 26.3 Å². The van der Waals surface area contributed by atoms with Crippen molar-refractivity contribution in [1.29, 1.82) is 0 Å². The van der Waals surface area contributed by atoms with Crippen LogP contribution in [-0.4, -0.2) is 58.9 Å². The molecule has 1 saturated heterocycles. The second-order valence-corrected chi connectivity index (χ2v) is 6.75. The molecule has 1 fully saturated rings. The van der Waals surface area contributed by atoms with E-state index in [-0.39, 0.29) is 6.04 Å². The first-order chi connectivity index (χ1) is 10.4. The second-order valence-electron chi connectivity index (χ2n) is 6.75. The molecule has 1 amide bonds. The van der Waals surface area contributed by atoms with Gasteiger partial charge < -0.3 is 14.7 Å². The van der Waals surface area contributed by atoms with Crippen LogP contribution in [-0.2, 0) is 11.3 Å². The Bertz CT molecular complexity index is 484. The molecule has 0 bridgehead atoms. The summed E-state index contributed by atoms with van der Waals surface area (Å²) in [5, 5.41) is 9.48. The predicted octanol–water partition coefficient (Wildman–Crippen LogP) is 2.67. The first-order valence-electron chi connectivity index (χ1n) is 7.74. The van der Waals surface area contributed by atoms with Crippen LogP contribution in [0, 0.1) is 0 Å². The summed E-state index contributed by atoms with van der Waals surface area (Å²) in [6.07, 6.45) is -0.877. The molecule has 122 valence electrons. The lowest BCUT2D eigenvalue weighted by Crippen LogP contribution is -2.55. The molecule has 22 heavy (non-hydrogen) atoms. The van der Waals surface area contributed by atoms with Crippen LogP contribution in [0.5, 0.6) is 0 Å². The average Bonchev–Trinajstić information content (AvgIpc) is 2.45. The van der Waals surface area contributed by atoms with Crippen LogP contribution in [0.15, 0.2) is 30.3 Å². The van der Waals surface area contributed by atoms with Gasteiger partial charge in [-0.15, -0.1) is 0 Å². The molecule has 1 heterocycles. The Labute approximate surface area is 132 Å². The van der Waals surface area contributed by atoms with Gasteiger partial charge in [0.1, 0.15) is 0 Å². The summed E-state index contributed by atoms with van der Waals surface area (Å²) in [7, 11) is 0. The average molecular weight is 306 g/mol. The van der Waals surface area contributed by atoms with Crippen molar-refractivity contribution >= 4 is 6.09 Å². The van der Waals surface area contributed by atoms with Gasteiger partial charge in [0, 0.05) is 25.2 Å². The largest absolute Gasteiger partial charge is 0.465 e. The standard InChI is InChI=1S/C17H26N2O3/c1-17(2,3)19(16(20)21)12-15-13-22-10-9-18(15)11-14-7-5-4-6-8-14/h4-8,15H,9-13H2,1-3H3,(H,20,21). The third-order valence-electron chi connectivity index (χ3n) is 4.01. The first kappa shape index (κ1) is 16.8. The third kappa shape index (κ3) is 4.45. The number of carboxylic acid groups (broad SMARTS) is 1. The molecule has 1 aliphatic rings. The minimum atomic E-state index is -0.877. The molecular formula is C17H26N2O3. The van der Waals surface area contributed by atoms with E-state index in [9.17, 15) is 9.90 Å². The minimum Gasteiger partial charge on any atom is -0.465 e. The van der Waals surface area contributed by atoms with Gasteiger partial charge in [0.2, 0.25) is 0 Å². The van der Waals surface area contributed by atoms with Gasteiger partial charge in [0.25, 0.3) is 0 Å². The van der Waals surface area contributed by atoms with Crippen molar-refractivity contribution in [3.8, 4) is 0 Å². The van der Waals surface area contributed by atoms with Gasteiger partial charge in [-0.1, -0.05) is 30.3 Å². The smallest absolute Gasteiger partial charge is 0.407 e. The summed E-state index contributed by atoms with van der Waals surface area (Å²) in [4.78, 5) is 15.4. The Hall–Kier alpha value is -1.59. The Morgan fingerprint density at radius 1 is 1.36 bits per heavy atom. The Balaban J connectivity index is 2.07. The second kappa shape index (κ2) is 7.11. The Morgan fingerprint density at radius 3 is 2.64 bits per heavy atom.